The Morgan fingerprint density at radius 3 is 2.10 bits per heavy atom. The Morgan fingerprint density at radius 2 is 1.55 bits per heavy atom. The lowest BCUT2D eigenvalue weighted by molar-refractivity contribution is -0.123. The van der Waals surface area contributed by atoms with Gasteiger partial charge >= 0.3 is 0 Å². The molecule has 1 aromatic carbocycles. The number of carbonyl (C=O) groups is 2. The number of hydrogen-bond donors (Lipinski definition) is 0. The molecule has 1 aromatic rings. The fourth-order valence-corrected chi connectivity index (χ4v) is 4.58. The van der Waals surface area contributed by atoms with Crippen LogP contribution in [-0.2, 0) is 9.59 Å². The molecule has 0 radical (unpaired) electrons. The van der Waals surface area contributed by atoms with Crippen LogP contribution in [0.4, 0.5) is 5.69 Å². The van der Waals surface area contributed by atoms with E-state index in [-0.39, 0.29) is 23.7 Å². The van der Waals surface area contributed by atoms with E-state index in [0.29, 0.717) is 27.6 Å². The number of amides is 2. The van der Waals surface area contributed by atoms with Gasteiger partial charge in [-0.1, -0.05) is 23.2 Å². The van der Waals surface area contributed by atoms with Crippen molar-refractivity contribution in [2.45, 2.75) is 19.3 Å². The minimum Gasteiger partial charge on any atom is -0.274 e. The van der Waals surface area contributed by atoms with Gasteiger partial charge in [-0.05, 0) is 49.3 Å². The van der Waals surface area contributed by atoms with E-state index in [9.17, 15) is 9.59 Å². The van der Waals surface area contributed by atoms with Crippen molar-refractivity contribution in [1.82, 2.24) is 0 Å². The summed E-state index contributed by atoms with van der Waals surface area (Å²) < 4.78 is 0. The van der Waals surface area contributed by atoms with Crippen LogP contribution < -0.4 is 4.90 Å². The number of halogens is 2. The number of hydrogen-bond acceptors (Lipinski definition) is 2. The van der Waals surface area contributed by atoms with Gasteiger partial charge < -0.3 is 0 Å². The molecular formula is C15H13Cl2NO2. The topological polar surface area (TPSA) is 37.4 Å². The number of rotatable bonds is 1. The van der Waals surface area contributed by atoms with E-state index in [4.69, 9.17) is 23.2 Å². The molecule has 1 aliphatic heterocycles. The predicted molar refractivity (Wildman–Crippen MR) is 76.8 cm³/mol. The third kappa shape index (κ3) is 1.54. The largest absolute Gasteiger partial charge is 0.274 e. The van der Waals surface area contributed by atoms with E-state index in [1.807, 2.05) is 0 Å². The maximum absolute atomic E-state index is 12.6. The third-order valence-corrected chi connectivity index (χ3v) is 5.83. The van der Waals surface area contributed by atoms with Crippen LogP contribution >= 0.6 is 23.2 Å². The molecule has 1 saturated heterocycles. The first-order valence-electron chi connectivity index (χ1n) is 6.91. The number of imide groups is 1. The van der Waals surface area contributed by atoms with Gasteiger partial charge in [-0.2, -0.15) is 0 Å². The fraction of sp³-hybridized carbons (Fsp3) is 0.467. The van der Waals surface area contributed by atoms with Gasteiger partial charge in [-0.15, -0.1) is 0 Å². The van der Waals surface area contributed by atoms with E-state index in [1.54, 1.807) is 18.2 Å². The van der Waals surface area contributed by atoms with Crippen LogP contribution in [0.15, 0.2) is 18.2 Å². The smallest absolute Gasteiger partial charge is 0.237 e. The van der Waals surface area contributed by atoms with E-state index < -0.39 is 0 Å². The maximum atomic E-state index is 12.6. The summed E-state index contributed by atoms with van der Waals surface area (Å²) in [6.45, 7) is 0. The first kappa shape index (κ1) is 12.7. The molecule has 0 spiro atoms. The Labute approximate surface area is 126 Å². The van der Waals surface area contributed by atoms with Crippen LogP contribution in [0.2, 0.25) is 10.0 Å². The number of nitrogens with zero attached hydrogens (tertiary/aromatic N) is 1. The molecule has 3 fully saturated rings. The van der Waals surface area contributed by atoms with Crippen molar-refractivity contribution in [3.63, 3.8) is 0 Å². The number of fused-ring (bicyclic) bond motifs is 5. The average molecular weight is 310 g/mol. The van der Waals surface area contributed by atoms with E-state index in [2.05, 4.69) is 0 Å². The summed E-state index contributed by atoms with van der Waals surface area (Å²) in [5.41, 5.74) is 0.545. The molecule has 2 saturated carbocycles. The highest BCUT2D eigenvalue weighted by Gasteiger charge is 2.61. The number of anilines is 1. The van der Waals surface area contributed by atoms with Crippen molar-refractivity contribution >= 4 is 40.7 Å². The summed E-state index contributed by atoms with van der Waals surface area (Å²) >= 11 is 11.9. The second kappa shape index (κ2) is 4.22. The SMILES string of the molecule is O=C1[C@@H]2[C@H]3CC[C@@H](C3)[C@@H]2C(=O)N1c1ccc(Cl)c(Cl)c1. The highest BCUT2D eigenvalue weighted by Crippen LogP contribution is 2.56. The van der Waals surface area contributed by atoms with E-state index in [0.717, 1.165) is 19.3 Å². The second-order valence-electron chi connectivity index (χ2n) is 6.00. The van der Waals surface area contributed by atoms with Crippen molar-refractivity contribution < 1.29 is 9.59 Å². The van der Waals surface area contributed by atoms with Gasteiger partial charge in [-0.3, -0.25) is 9.59 Å². The molecule has 0 N–H and O–H groups in total. The van der Waals surface area contributed by atoms with Gasteiger partial charge in [0, 0.05) is 0 Å². The molecule has 3 aliphatic rings. The zero-order chi connectivity index (χ0) is 14.0. The Kier molecular flexibility index (Phi) is 2.67. The molecule has 4 rings (SSSR count). The Morgan fingerprint density at radius 1 is 0.950 bits per heavy atom. The number of carbonyl (C=O) groups excluding carboxylic acids is 2. The Balaban J connectivity index is 1.74. The zero-order valence-electron chi connectivity index (χ0n) is 10.7. The van der Waals surface area contributed by atoms with Gasteiger partial charge in [0.25, 0.3) is 0 Å². The highest BCUT2D eigenvalue weighted by molar-refractivity contribution is 6.42. The molecule has 2 aliphatic carbocycles. The molecular weight excluding hydrogens is 297 g/mol. The van der Waals surface area contributed by atoms with Crippen molar-refractivity contribution in [3.8, 4) is 0 Å². The van der Waals surface area contributed by atoms with Crippen LogP contribution in [0.3, 0.4) is 0 Å². The molecule has 20 heavy (non-hydrogen) atoms. The minimum absolute atomic E-state index is 0.0504. The zero-order valence-corrected chi connectivity index (χ0v) is 12.2. The lowest BCUT2D eigenvalue weighted by Gasteiger charge is -2.19. The van der Waals surface area contributed by atoms with Gasteiger partial charge in [0.05, 0.1) is 27.6 Å². The normalized spacial score (nSPS) is 35.0. The summed E-state index contributed by atoms with van der Waals surface area (Å²) in [6.07, 6.45) is 3.21. The molecule has 2 amide bonds. The van der Waals surface area contributed by atoms with Crippen LogP contribution in [0, 0.1) is 23.7 Å². The summed E-state index contributed by atoms with van der Waals surface area (Å²) in [6, 6.07) is 4.91. The predicted octanol–water partition coefficient (Wildman–Crippen LogP) is 3.53. The molecule has 104 valence electrons. The van der Waals surface area contributed by atoms with Crippen LogP contribution in [-0.4, -0.2) is 11.8 Å². The van der Waals surface area contributed by atoms with E-state index >= 15 is 0 Å². The van der Waals surface area contributed by atoms with Gasteiger partial charge in [0.1, 0.15) is 0 Å². The summed E-state index contributed by atoms with van der Waals surface area (Å²) in [4.78, 5) is 26.5. The average Bonchev–Trinajstić information content (AvgIpc) is 3.08. The standard InChI is InChI=1S/C15H13Cl2NO2/c16-10-4-3-9(6-11(10)17)18-14(19)12-7-1-2-8(5-7)13(12)15(18)20/h3-4,6-8,12-13H,1-2,5H2/t7-,8-,12-,13+/m0/s1. The molecule has 3 nitrogen and oxygen atoms in total. The van der Waals surface area contributed by atoms with Crippen LogP contribution in [0.25, 0.3) is 0 Å². The van der Waals surface area contributed by atoms with Gasteiger partial charge in [0.15, 0.2) is 0 Å². The fourth-order valence-electron chi connectivity index (χ4n) is 4.29. The quantitative estimate of drug-likeness (QED) is 0.744. The summed E-state index contributed by atoms with van der Waals surface area (Å²) in [5, 5.41) is 0.791. The van der Waals surface area contributed by atoms with Crippen LogP contribution in [0.5, 0.6) is 0 Å². The summed E-state index contributed by atoms with van der Waals surface area (Å²) in [5.74, 6) is 0.492. The lowest BCUT2D eigenvalue weighted by Crippen LogP contribution is -2.32. The van der Waals surface area contributed by atoms with Gasteiger partial charge in [-0.25, -0.2) is 4.90 Å². The number of benzene rings is 1. The molecule has 4 atom stereocenters. The molecule has 0 aromatic heterocycles. The summed E-state index contributed by atoms with van der Waals surface area (Å²) in [7, 11) is 0. The monoisotopic (exact) mass is 309 g/mol. The van der Waals surface area contributed by atoms with Crippen molar-refractivity contribution in [3.05, 3.63) is 28.2 Å². The Hall–Kier alpha value is -1.06. The van der Waals surface area contributed by atoms with Crippen molar-refractivity contribution in [1.29, 1.82) is 0 Å². The first-order chi connectivity index (χ1) is 9.58. The van der Waals surface area contributed by atoms with Crippen molar-refractivity contribution in [2.24, 2.45) is 23.7 Å². The van der Waals surface area contributed by atoms with Crippen molar-refractivity contribution in [2.75, 3.05) is 4.90 Å². The molecule has 5 heteroatoms. The molecule has 1 heterocycles. The second-order valence-corrected chi connectivity index (χ2v) is 6.81. The molecule has 0 unspecified atom stereocenters. The lowest BCUT2D eigenvalue weighted by atomic mass is 9.81. The maximum Gasteiger partial charge on any atom is 0.237 e. The van der Waals surface area contributed by atoms with Crippen LogP contribution in [0.1, 0.15) is 19.3 Å². The third-order valence-electron chi connectivity index (χ3n) is 5.09. The highest BCUT2D eigenvalue weighted by atomic mass is 35.5. The molecule has 2 bridgehead atoms. The van der Waals surface area contributed by atoms with Gasteiger partial charge in [0.2, 0.25) is 11.8 Å². The first-order valence-corrected chi connectivity index (χ1v) is 7.66. The Bertz CT molecular complexity index is 602. The minimum atomic E-state index is -0.101. The van der Waals surface area contributed by atoms with E-state index in [1.165, 1.54) is 4.90 Å².